The third-order valence-corrected chi connectivity index (χ3v) is 3.04. The molecule has 1 atom stereocenters. The summed E-state index contributed by atoms with van der Waals surface area (Å²) in [4.78, 5) is 2.00. The van der Waals surface area contributed by atoms with Gasteiger partial charge in [0, 0.05) is 29.8 Å². The van der Waals surface area contributed by atoms with Crippen LogP contribution >= 0.6 is 15.9 Å². The van der Waals surface area contributed by atoms with E-state index < -0.39 is 0 Å². The van der Waals surface area contributed by atoms with E-state index >= 15 is 0 Å². The fourth-order valence-electron chi connectivity index (χ4n) is 1.40. The topological polar surface area (TPSA) is 49.5 Å². The maximum absolute atomic E-state index is 8.84. The average Bonchev–Trinajstić information content (AvgIpc) is 2.17. The molecule has 0 aliphatic rings. The molecule has 4 heteroatoms. The summed E-state index contributed by atoms with van der Waals surface area (Å²) in [6.45, 7) is 2.74. The number of benzene rings is 1. The molecular formula is C11H17BrN2O. The Labute approximate surface area is 99.0 Å². The molecule has 1 rings (SSSR count). The van der Waals surface area contributed by atoms with E-state index in [0.717, 1.165) is 15.7 Å². The van der Waals surface area contributed by atoms with Crippen molar-refractivity contribution < 1.29 is 5.11 Å². The number of hydrogen-bond acceptors (Lipinski definition) is 3. The number of anilines is 1. The van der Waals surface area contributed by atoms with Crippen molar-refractivity contribution >= 4 is 21.6 Å². The highest BCUT2D eigenvalue weighted by Crippen LogP contribution is 2.26. The zero-order valence-electron chi connectivity index (χ0n) is 9.07. The first-order valence-corrected chi connectivity index (χ1v) is 5.72. The van der Waals surface area contributed by atoms with Crippen LogP contribution in [0.25, 0.3) is 0 Å². The van der Waals surface area contributed by atoms with Crippen LogP contribution in [0.4, 0.5) is 5.69 Å². The van der Waals surface area contributed by atoms with Crippen molar-refractivity contribution in [1.82, 2.24) is 0 Å². The van der Waals surface area contributed by atoms with E-state index in [4.69, 9.17) is 10.8 Å². The van der Waals surface area contributed by atoms with Gasteiger partial charge in [0.25, 0.3) is 0 Å². The van der Waals surface area contributed by atoms with Crippen LogP contribution in [0.1, 0.15) is 18.5 Å². The Bertz CT molecular complexity index is 328. The van der Waals surface area contributed by atoms with Crippen LogP contribution in [0, 0.1) is 0 Å². The highest BCUT2D eigenvalue weighted by molar-refractivity contribution is 9.10. The van der Waals surface area contributed by atoms with Gasteiger partial charge in [0.05, 0.1) is 6.61 Å². The van der Waals surface area contributed by atoms with Crippen molar-refractivity contribution in [2.24, 2.45) is 5.73 Å². The first kappa shape index (κ1) is 12.5. The minimum absolute atomic E-state index is 0.0246. The predicted molar refractivity (Wildman–Crippen MR) is 67.1 cm³/mol. The van der Waals surface area contributed by atoms with Gasteiger partial charge in [-0.3, -0.25) is 0 Å². The molecule has 0 radical (unpaired) electrons. The Morgan fingerprint density at radius 2 is 2.20 bits per heavy atom. The van der Waals surface area contributed by atoms with Crippen molar-refractivity contribution in [2.45, 2.75) is 13.0 Å². The average molecular weight is 273 g/mol. The minimum atomic E-state index is 0.0246. The summed E-state index contributed by atoms with van der Waals surface area (Å²) in [7, 11) is 1.95. The van der Waals surface area contributed by atoms with Crippen molar-refractivity contribution in [3.05, 3.63) is 28.2 Å². The zero-order valence-corrected chi connectivity index (χ0v) is 10.7. The summed E-state index contributed by atoms with van der Waals surface area (Å²) in [5.74, 6) is 0. The third-order valence-electron chi connectivity index (χ3n) is 2.35. The molecule has 1 aromatic carbocycles. The lowest BCUT2D eigenvalue weighted by Gasteiger charge is -2.19. The number of hydrogen-bond donors (Lipinski definition) is 2. The normalized spacial score (nSPS) is 12.6. The molecule has 0 saturated carbocycles. The lowest BCUT2D eigenvalue weighted by Crippen LogP contribution is -2.21. The molecule has 0 saturated heterocycles. The highest BCUT2D eigenvalue weighted by atomic mass is 79.9. The monoisotopic (exact) mass is 272 g/mol. The summed E-state index contributed by atoms with van der Waals surface area (Å²) in [5.41, 5.74) is 7.98. The Hall–Kier alpha value is -0.580. The maximum atomic E-state index is 8.84. The number of nitrogens with two attached hydrogens (primary N) is 1. The Morgan fingerprint density at radius 1 is 1.53 bits per heavy atom. The molecule has 15 heavy (non-hydrogen) atoms. The number of halogens is 1. The van der Waals surface area contributed by atoms with E-state index in [1.807, 2.05) is 37.1 Å². The number of likely N-dealkylation sites (N-methyl/N-ethyl adjacent to an activating group) is 1. The van der Waals surface area contributed by atoms with Gasteiger partial charge in [-0.15, -0.1) is 0 Å². The van der Waals surface area contributed by atoms with Gasteiger partial charge >= 0.3 is 0 Å². The molecule has 0 spiro atoms. The third kappa shape index (κ3) is 3.19. The lowest BCUT2D eigenvalue weighted by atomic mass is 10.1. The summed E-state index contributed by atoms with van der Waals surface area (Å²) in [6, 6.07) is 6.07. The van der Waals surface area contributed by atoms with Gasteiger partial charge in [0.15, 0.2) is 0 Å². The van der Waals surface area contributed by atoms with Crippen LogP contribution in [0.2, 0.25) is 0 Å². The van der Waals surface area contributed by atoms with Crippen LogP contribution < -0.4 is 10.6 Å². The van der Waals surface area contributed by atoms with Crippen LogP contribution in [-0.4, -0.2) is 25.3 Å². The second-order valence-corrected chi connectivity index (χ2v) is 4.49. The van der Waals surface area contributed by atoms with E-state index in [2.05, 4.69) is 15.9 Å². The molecule has 0 fully saturated rings. The number of aliphatic hydroxyl groups excluding tert-OH is 1. The molecule has 1 aromatic rings. The van der Waals surface area contributed by atoms with Crippen LogP contribution in [0.15, 0.2) is 22.7 Å². The van der Waals surface area contributed by atoms with Crippen molar-refractivity contribution in [3.8, 4) is 0 Å². The van der Waals surface area contributed by atoms with Gasteiger partial charge in [-0.2, -0.15) is 0 Å². The molecule has 0 aromatic heterocycles. The van der Waals surface area contributed by atoms with Crippen LogP contribution in [-0.2, 0) is 0 Å². The first-order chi connectivity index (χ1) is 7.06. The van der Waals surface area contributed by atoms with E-state index in [0.29, 0.717) is 6.54 Å². The SMILES string of the molecule is C[C@H](N)c1ccc(N(C)CCO)cc1Br. The van der Waals surface area contributed by atoms with Gasteiger partial charge < -0.3 is 15.7 Å². The standard InChI is InChI=1S/C11H17BrN2O/c1-8(13)10-4-3-9(7-11(10)12)14(2)5-6-15/h3-4,7-8,15H,5-6,13H2,1-2H3/t8-/m0/s1. The van der Waals surface area contributed by atoms with Crippen molar-refractivity contribution in [2.75, 3.05) is 25.1 Å². The molecule has 84 valence electrons. The number of nitrogens with zero attached hydrogens (tertiary/aromatic N) is 1. The van der Waals surface area contributed by atoms with Gasteiger partial charge in [0.1, 0.15) is 0 Å². The fourth-order valence-corrected chi connectivity index (χ4v) is 2.13. The number of aliphatic hydroxyl groups is 1. The van der Waals surface area contributed by atoms with Gasteiger partial charge in [-0.1, -0.05) is 22.0 Å². The molecule has 0 bridgehead atoms. The Morgan fingerprint density at radius 3 is 2.67 bits per heavy atom. The zero-order chi connectivity index (χ0) is 11.4. The lowest BCUT2D eigenvalue weighted by molar-refractivity contribution is 0.304. The predicted octanol–water partition coefficient (Wildman–Crippen LogP) is 1.90. The number of rotatable bonds is 4. The molecule has 3 nitrogen and oxygen atoms in total. The van der Waals surface area contributed by atoms with Crippen LogP contribution in [0.3, 0.4) is 0 Å². The Kier molecular flexibility index (Phi) is 4.57. The van der Waals surface area contributed by atoms with Gasteiger partial charge in [-0.25, -0.2) is 0 Å². The molecule has 0 aliphatic carbocycles. The van der Waals surface area contributed by atoms with E-state index in [1.165, 1.54) is 0 Å². The molecule has 3 N–H and O–H groups in total. The highest BCUT2D eigenvalue weighted by Gasteiger charge is 2.07. The molecule has 0 amide bonds. The fraction of sp³-hybridized carbons (Fsp3) is 0.455. The largest absolute Gasteiger partial charge is 0.395 e. The van der Waals surface area contributed by atoms with Crippen molar-refractivity contribution in [3.63, 3.8) is 0 Å². The Balaban J connectivity index is 2.91. The first-order valence-electron chi connectivity index (χ1n) is 4.93. The molecular weight excluding hydrogens is 256 g/mol. The molecule has 0 heterocycles. The van der Waals surface area contributed by atoms with E-state index in [9.17, 15) is 0 Å². The smallest absolute Gasteiger partial charge is 0.0606 e. The molecule has 0 aliphatic heterocycles. The van der Waals surface area contributed by atoms with Gasteiger partial charge in [0.2, 0.25) is 0 Å². The van der Waals surface area contributed by atoms with Crippen molar-refractivity contribution in [1.29, 1.82) is 0 Å². The second kappa shape index (κ2) is 5.49. The summed E-state index contributed by atoms with van der Waals surface area (Å²) < 4.78 is 1.01. The van der Waals surface area contributed by atoms with E-state index in [1.54, 1.807) is 0 Å². The quantitative estimate of drug-likeness (QED) is 0.880. The summed E-state index contributed by atoms with van der Waals surface area (Å²) in [6.07, 6.45) is 0. The van der Waals surface area contributed by atoms with Gasteiger partial charge in [-0.05, 0) is 24.6 Å². The summed E-state index contributed by atoms with van der Waals surface area (Å²) in [5, 5.41) is 8.84. The summed E-state index contributed by atoms with van der Waals surface area (Å²) >= 11 is 3.50. The second-order valence-electron chi connectivity index (χ2n) is 3.64. The minimum Gasteiger partial charge on any atom is -0.395 e. The van der Waals surface area contributed by atoms with E-state index in [-0.39, 0.29) is 12.6 Å². The maximum Gasteiger partial charge on any atom is 0.0606 e. The molecule has 0 unspecified atom stereocenters. The van der Waals surface area contributed by atoms with Crippen LogP contribution in [0.5, 0.6) is 0 Å².